The van der Waals surface area contributed by atoms with Crippen molar-refractivity contribution >= 4 is 22.6 Å². The van der Waals surface area contributed by atoms with Gasteiger partial charge in [0, 0.05) is 18.7 Å². The van der Waals surface area contributed by atoms with E-state index in [1.165, 1.54) is 7.11 Å². The van der Waals surface area contributed by atoms with Crippen molar-refractivity contribution in [2.24, 2.45) is 0 Å². The van der Waals surface area contributed by atoms with Crippen LogP contribution in [0.5, 0.6) is 5.75 Å². The number of methoxy groups -OCH3 is 1. The number of nitrogens with zero attached hydrogens (tertiary/aromatic N) is 6. The maximum absolute atomic E-state index is 13.6. The summed E-state index contributed by atoms with van der Waals surface area (Å²) < 4.78 is 14.5. The van der Waals surface area contributed by atoms with Gasteiger partial charge in [-0.05, 0) is 64.8 Å². The van der Waals surface area contributed by atoms with Crippen LogP contribution in [0.4, 0.5) is 4.79 Å². The van der Waals surface area contributed by atoms with E-state index in [9.17, 15) is 9.59 Å². The fourth-order valence-corrected chi connectivity index (χ4v) is 4.64. The molecule has 4 heterocycles. The minimum absolute atomic E-state index is 0.192. The Balaban J connectivity index is 1.51. The van der Waals surface area contributed by atoms with Crippen molar-refractivity contribution < 1.29 is 14.3 Å². The van der Waals surface area contributed by atoms with Crippen molar-refractivity contribution in [1.29, 1.82) is 0 Å². The van der Waals surface area contributed by atoms with Crippen LogP contribution in [0.1, 0.15) is 44.5 Å². The number of aromatic nitrogens is 5. The molecule has 0 aliphatic carbocycles. The maximum atomic E-state index is 13.6. The standard InChI is InChI=1S/C26H30N6O4/c1-15-9-19(29-32-12-16(2)28-23(15)32)17-10-20-22(21(11-17)35-6)24(33)31(14-27-20)18-7-8-30(13-18)25(34)36-26(3,4)5/h9-12,14,18H,7-8,13H2,1-6H3. The molecule has 0 radical (unpaired) electrons. The van der Waals surface area contributed by atoms with Crippen molar-refractivity contribution in [3.63, 3.8) is 0 Å². The zero-order valence-electron chi connectivity index (χ0n) is 21.4. The van der Waals surface area contributed by atoms with Gasteiger partial charge in [0.05, 0.1) is 42.6 Å². The Hall–Kier alpha value is -3.95. The molecule has 0 spiro atoms. The van der Waals surface area contributed by atoms with Gasteiger partial charge in [-0.25, -0.2) is 19.3 Å². The molecule has 0 saturated carbocycles. The Morgan fingerprint density at radius 1 is 1.17 bits per heavy atom. The summed E-state index contributed by atoms with van der Waals surface area (Å²) in [6, 6.07) is 5.44. The monoisotopic (exact) mass is 490 g/mol. The summed E-state index contributed by atoms with van der Waals surface area (Å²) in [7, 11) is 1.54. The molecule has 36 heavy (non-hydrogen) atoms. The van der Waals surface area contributed by atoms with Crippen LogP contribution in [0.15, 0.2) is 35.5 Å². The molecule has 1 aliphatic rings. The number of likely N-dealkylation sites (tertiary alicyclic amines) is 1. The number of rotatable bonds is 3. The highest BCUT2D eigenvalue weighted by Gasteiger charge is 2.31. The van der Waals surface area contributed by atoms with Gasteiger partial charge in [-0.1, -0.05) is 0 Å². The fraction of sp³-hybridized carbons (Fsp3) is 0.423. The van der Waals surface area contributed by atoms with Crippen LogP contribution in [0.2, 0.25) is 0 Å². The van der Waals surface area contributed by atoms with Crippen LogP contribution in [0, 0.1) is 13.8 Å². The van der Waals surface area contributed by atoms with Crippen LogP contribution in [-0.2, 0) is 4.74 Å². The second-order valence-electron chi connectivity index (χ2n) is 10.3. The lowest BCUT2D eigenvalue weighted by Crippen LogP contribution is -2.36. The summed E-state index contributed by atoms with van der Waals surface area (Å²) in [6.07, 6.45) is 3.70. The number of aryl methyl sites for hydroxylation is 2. The zero-order valence-corrected chi connectivity index (χ0v) is 21.4. The van der Waals surface area contributed by atoms with E-state index >= 15 is 0 Å². The first kappa shape index (κ1) is 23.8. The van der Waals surface area contributed by atoms with Gasteiger partial charge in [-0.2, -0.15) is 5.10 Å². The van der Waals surface area contributed by atoms with Crippen LogP contribution < -0.4 is 10.3 Å². The third kappa shape index (κ3) is 4.27. The topological polar surface area (TPSA) is 104 Å². The predicted molar refractivity (Wildman–Crippen MR) is 135 cm³/mol. The quantitative estimate of drug-likeness (QED) is 0.429. The van der Waals surface area contributed by atoms with E-state index in [1.807, 2.05) is 59.0 Å². The number of amides is 1. The number of fused-ring (bicyclic) bond motifs is 2. The van der Waals surface area contributed by atoms with Gasteiger partial charge in [0.1, 0.15) is 16.7 Å². The second kappa shape index (κ2) is 8.61. The van der Waals surface area contributed by atoms with Crippen molar-refractivity contribution in [1.82, 2.24) is 29.0 Å². The number of hydrogen-bond acceptors (Lipinski definition) is 7. The van der Waals surface area contributed by atoms with E-state index in [0.29, 0.717) is 36.2 Å². The highest BCUT2D eigenvalue weighted by atomic mass is 16.6. The average molecular weight is 491 g/mol. The first-order chi connectivity index (χ1) is 17.0. The SMILES string of the molecule is COc1cc(-c2cc(C)c3nc(C)cn3n2)cc2ncn(C3CCN(C(=O)OC(C)(C)C)C3)c(=O)c12. The third-order valence-corrected chi connectivity index (χ3v) is 6.30. The molecule has 1 aliphatic heterocycles. The van der Waals surface area contributed by atoms with E-state index in [-0.39, 0.29) is 17.7 Å². The van der Waals surface area contributed by atoms with E-state index in [4.69, 9.17) is 14.6 Å². The van der Waals surface area contributed by atoms with Crippen molar-refractivity contribution in [3.05, 3.63) is 52.3 Å². The minimum atomic E-state index is -0.573. The number of ether oxygens (including phenoxy) is 2. The minimum Gasteiger partial charge on any atom is -0.496 e. The van der Waals surface area contributed by atoms with Crippen molar-refractivity contribution in [2.75, 3.05) is 20.2 Å². The van der Waals surface area contributed by atoms with Gasteiger partial charge in [0.15, 0.2) is 5.65 Å². The summed E-state index contributed by atoms with van der Waals surface area (Å²) in [6.45, 7) is 10.3. The van der Waals surface area contributed by atoms with E-state index < -0.39 is 5.60 Å². The fourth-order valence-electron chi connectivity index (χ4n) is 4.64. The number of imidazole rings is 1. The summed E-state index contributed by atoms with van der Waals surface area (Å²) in [4.78, 5) is 36.8. The molecule has 1 fully saturated rings. The molecule has 1 saturated heterocycles. The van der Waals surface area contributed by atoms with Gasteiger partial charge in [-0.3, -0.25) is 9.36 Å². The zero-order chi connectivity index (χ0) is 25.8. The molecule has 1 unspecified atom stereocenters. The average Bonchev–Trinajstić information content (AvgIpc) is 3.44. The summed E-state index contributed by atoms with van der Waals surface area (Å²) >= 11 is 0. The van der Waals surface area contributed by atoms with Crippen molar-refractivity contribution in [2.45, 2.75) is 52.7 Å². The molecule has 0 bridgehead atoms. The maximum Gasteiger partial charge on any atom is 0.410 e. The first-order valence-corrected chi connectivity index (χ1v) is 11.9. The molecule has 1 atom stereocenters. The van der Waals surface area contributed by atoms with Crippen LogP contribution in [-0.4, -0.2) is 60.9 Å². The molecule has 5 rings (SSSR count). The molecule has 10 nitrogen and oxygen atoms in total. The van der Waals surface area contributed by atoms with Crippen molar-refractivity contribution in [3.8, 4) is 17.0 Å². The lowest BCUT2D eigenvalue weighted by atomic mass is 10.1. The summed E-state index contributed by atoms with van der Waals surface area (Å²) in [5.74, 6) is 0.428. The van der Waals surface area contributed by atoms with E-state index in [1.54, 1.807) is 20.3 Å². The molecule has 188 valence electrons. The molecule has 0 N–H and O–H groups in total. The van der Waals surface area contributed by atoms with Gasteiger partial charge in [0.25, 0.3) is 5.56 Å². The van der Waals surface area contributed by atoms with Gasteiger partial charge in [-0.15, -0.1) is 0 Å². The summed E-state index contributed by atoms with van der Waals surface area (Å²) in [5, 5.41) is 5.10. The van der Waals surface area contributed by atoms with Crippen LogP contribution in [0.25, 0.3) is 27.8 Å². The Bertz CT molecular complexity index is 1550. The van der Waals surface area contributed by atoms with Gasteiger partial charge < -0.3 is 14.4 Å². The highest BCUT2D eigenvalue weighted by molar-refractivity contribution is 5.89. The number of carbonyl (C=O) groups excluding carboxylic acids is 1. The largest absolute Gasteiger partial charge is 0.496 e. The molecule has 3 aromatic heterocycles. The Morgan fingerprint density at radius 2 is 1.94 bits per heavy atom. The lowest BCUT2D eigenvalue weighted by molar-refractivity contribution is 0.0289. The summed E-state index contributed by atoms with van der Waals surface area (Å²) in [5.41, 5.74) is 3.95. The number of benzene rings is 1. The molecule has 4 aromatic rings. The van der Waals surface area contributed by atoms with Crippen LogP contribution in [0.3, 0.4) is 0 Å². The smallest absolute Gasteiger partial charge is 0.410 e. The highest BCUT2D eigenvalue weighted by Crippen LogP contribution is 2.31. The molecular weight excluding hydrogens is 460 g/mol. The van der Waals surface area contributed by atoms with Crippen LogP contribution >= 0.6 is 0 Å². The van der Waals surface area contributed by atoms with E-state index in [0.717, 1.165) is 28.2 Å². The predicted octanol–water partition coefficient (Wildman–Crippen LogP) is 3.91. The number of hydrogen-bond donors (Lipinski definition) is 0. The third-order valence-electron chi connectivity index (χ3n) is 6.30. The van der Waals surface area contributed by atoms with Gasteiger partial charge in [0.2, 0.25) is 0 Å². The normalized spacial score (nSPS) is 16.2. The molecular formula is C26H30N6O4. The second-order valence-corrected chi connectivity index (χ2v) is 10.3. The molecule has 1 aromatic carbocycles. The lowest BCUT2D eigenvalue weighted by Gasteiger charge is -2.24. The Kier molecular flexibility index (Phi) is 5.69. The Morgan fingerprint density at radius 3 is 2.67 bits per heavy atom. The first-order valence-electron chi connectivity index (χ1n) is 11.9. The number of carbonyl (C=O) groups is 1. The molecule has 10 heteroatoms. The van der Waals surface area contributed by atoms with Gasteiger partial charge >= 0.3 is 6.09 Å². The Labute approximate surface area is 208 Å². The molecule has 1 amide bonds. The van der Waals surface area contributed by atoms with E-state index in [2.05, 4.69) is 9.97 Å².